The van der Waals surface area contributed by atoms with Gasteiger partial charge < -0.3 is 19.5 Å². The number of hydrogen-bond donors (Lipinski definition) is 1. The van der Waals surface area contributed by atoms with Gasteiger partial charge in [0.05, 0.1) is 30.1 Å². The summed E-state index contributed by atoms with van der Waals surface area (Å²) in [4.78, 5) is 77.3. The predicted molar refractivity (Wildman–Crippen MR) is 132 cm³/mol. The lowest BCUT2D eigenvalue weighted by Crippen LogP contribution is -2.72. The van der Waals surface area contributed by atoms with E-state index in [0.717, 1.165) is 12.0 Å². The smallest absolute Gasteiger partial charge is 0.374 e. The van der Waals surface area contributed by atoms with E-state index in [2.05, 4.69) is 4.74 Å². The van der Waals surface area contributed by atoms with Crippen molar-refractivity contribution in [2.24, 2.45) is 5.92 Å². The van der Waals surface area contributed by atoms with Crippen molar-refractivity contribution in [1.29, 1.82) is 0 Å². The highest BCUT2D eigenvalue weighted by Gasteiger charge is 2.72. The molecule has 39 heavy (non-hydrogen) atoms. The van der Waals surface area contributed by atoms with Gasteiger partial charge in [-0.05, 0) is 30.2 Å². The number of non-ortho nitro benzene ring substituents is 1. The van der Waals surface area contributed by atoms with Crippen LogP contribution in [0.5, 0.6) is 0 Å². The molecule has 0 spiro atoms. The molecule has 1 amide bonds. The SMILES string of the molecule is COC(=O)C(=O)C[C@@H](c1ccccc1)[C@@]1(C(=O)OCc2ccc([N+](=O)[O-])cc2)C(=O)C[C@@H]2[C@@H]([C@@H](C)O)C(=O)N21. The van der Waals surface area contributed by atoms with Gasteiger partial charge >= 0.3 is 11.9 Å². The molecule has 12 heteroatoms. The molecule has 0 bridgehead atoms. The average molecular weight is 539 g/mol. The molecular weight excluding hydrogens is 512 g/mol. The first kappa shape index (κ1) is 27.6. The molecule has 204 valence electrons. The highest BCUT2D eigenvalue weighted by Crippen LogP contribution is 2.52. The van der Waals surface area contributed by atoms with Crippen LogP contribution in [-0.4, -0.2) is 69.1 Å². The van der Waals surface area contributed by atoms with Crippen LogP contribution < -0.4 is 0 Å². The van der Waals surface area contributed by atoms with Crippen LogP contribution in [0.1, 0.15) is 36.8 Å². The van der Waals surface area contributed by atoms with E-state index in [-0.39, 0.29) is 18.7 Å². The minimum absolute atomic E-state index is 0.170. The number of carbonyl (C=O) groups excluding carboxylic acids is 5. The zero-order valence-corrected chi connectivity index (χ0v) is 21.1. The Kier molecular flexibility index (Phi) is 7.59. The Morgan fingerprint density at radius 1 is 1.13 bits per heavy atom. The van der Waals surface area contributed by atoms with Crippen LogP contribution in [0.15, 0.2) is 54.6 Å². The molecule has 2 fully saturated rings. The lowest BCUT2D eigenvalue weighted by molar-refractivity contribution is -0.384. The van der Waals surface area contributed by atoms with Gasteiger partial charge in [0.15, 0.2) is 5.78 Å². The number of amides is 1. The third-order valence-electron chi connectivity index (χ3n) is 7.33. The molecule has 2 aromatic carbocycles. The van der Waals surface area contributed by atoms with Crippen molar-refractivity contribution in [2.75, 3.05) is 7.11 Å². The number of rotatable bonds is 10. The lowest BCUT2D eigenvalue weighted by Gasteiger charge is -2.52. The van der Waals surface area contributed by atoms with Gasteiger partial charge in [-0.25, -0.2) is 9.59 Å². The molecule has 2 aliphatic rings. The van der Waals surface area contributed by atoms with Gasteiger partial charge in [-0.2, -0.15) is 0 Å². The summed E-state index contributed by atoms with van der Waals surface area (Å²) < 4.78 is 10.1. The number of fused-ring (bicyclic) bond motifs is 1. The highest BCUT2D eigenvalue weighted by atomic mass is 16.6. The fraction of sp³-hybridized carbons (Fsp3) is 0.370. The summed E-state index contributed by atoms with van der Waals surface area (Å²) in [5.41, 5.74) is -1.75. The van der Waals surface area contributed by atoms with E-state index in [4.69, 9.17) is 4.74 Å². The second-order valence-electron chi connectivity index (χ2n) is 9.52. The van der Waals surface area contributed by atoms with Crippen molar-refractivity contribution in [3.63, 3.8) is 0 Å². The van der Waals surface area contributed by atoms with E-state index in [0.29, 0.717) is 11.1 Å². The molecule has 0 radical (unpaired) electrons. The summed E-state index contributed by atoms with van der Waals surface area (Å²) in [6.07, 6.45) is -1.99. The van der Waals surface area contributed by atoms with Crippen LogP contribution >= 0.6 is 0 Å². The molecule has 0 aliphatic carbocycles. The number of nitrogens with zero attached hydrogens (tertiary/aromatic N) is 2. The molecule has 2 aliphatic heterocycles. The van der Waals surface area contributed by atoms with Crippen molar-refractivity contribution in [3.8, 4) is 0 Å². The summed E-state index contributed by atoms with van der Waals surface area (Å²) in [6.45, 7) is 1.03. The Hall–Kier alpha value is -4.45. The van der Waals surface area contributed by atoms with Gasteiger partial charge in [-0.1, -0.05) is 30.3 Å². The molecule has 0 saturated carbocycles. The Balaban J connectivity index is 1.78. The van der Waals surface area contributed by atoms with Crippen LogP contribution in [0.4, 0.5) is 5.69 Å². The van der Waals surface area contributed by atoms with Crippen LogP contribution in [0.2, 0.25) is 0 Å². The van der Waals surface area contributed by atoms with E-state index in [9.17, 15) is 39.2 Å². The predicted octanol–water partition coefficient (Wildman–Crippen LogP) is 1.47. The van der Waals surface area contributed by atoms with E-state index in [1.807, 2.05) is 0 Å². The molecule has 5 atom stereocenters. The number of carbonyl (C=O) groups is 5. The van der Waals surface area contributed by atoms with E-state index >= 15 is 0 Å². The van der Waals surface area contributed by atoms with Crippen molar-refractivity contribution in [2.45, 2.75) is 50.0 Å². The number of nitro benzene ring substituents is 1. The Morgan fingerprint density at radius 2 is 1.77 bits per heavy atom. The molecule has 4 rings (SSSR count). The number of hydrogen-bond acceptors (Lipinski definition) is 10. The first-order valence-corrected chi connectivity index (χ1v) is 12.1. The summed E-state index contributed by atoms with van der Waals surface area (Å²) in [5, 5.41) is 21.1. The second-order valence-corrected chi connectivity index (χ2v) is 9.52. The number of nitro groups is 1. The highest BCUT2D eigenvalue weighted by molar-refractivity contribution is 6.34. The van der Waals surface area contributed by atoms with Crippen molar-refractivity contribution in [1.82, 2.24) is 4.90 Å². The minimum atomic E-state index is -2.29. The summed E-state index contributed by atoms with van der Waals surface area (Å²) in [5.74, 6) is -6.87. The van der Waals surface area contributed by atoms with Gasteiger partial charge in [0.2, 0.25) is 17.2 Å². The van der Waals surface area contributed by atoms with Crippen LogP contribution in [0.3, 0.4) is 0 Å². The quantitative estimate of drug-likeness (QED) is 0.117. The van der Waals surface area contributed by atoms with E-state index in [1.165, 1.54) is 31.2 Å². The standard InChI is InChI=1S/C27H26N2O10/c1-15(30)23-20-13-22(32)27(28(20)24(23)33,26(35)39-14-16-8-10-18(11-9-16)29(36)37)19(12-21(31)25(34)38-2)17-6-4-3-5-7-17/h3-11,15,19-20,23,30H,12-14H2,1-2H3/t15-,19+,20-,23-,27+/m1/s1. The maximum atomic E-state index is 13.9. The average Bonchev–Trinajstić information content (AvgIpc) is 3.18. The van der Waals surface area contributed by atoms with Crippen molar-refractivity contribution < 1.29 is 43.5 Å². The Labute approximate surface area is 222 Å². The summed E-state index contributed by atoms with van der Waals surface area (Å²) in [6, 6.07) is 12.5. The number of esters is 2. The fourth-order valence-corrected chi connectivity index (χ4v) is 5.49. The third kappa shape index (κ3) is 4.67. The molecule has 2 saturated heterocycles. The molecule has 0 aromatic heterocycles. The first-order valence-electron chi connectivity index (χ1n) is 12.1. The summed E-state index contributed by atoms with van der Waals surface area (Å²) in [7, 11) is 1.02. The first-order chi connectivity index (χ1) is 18.5. The number of ketones is 2. The van der Waals surface area contributed by atoms with Crippen LogP contribution in [0, 0.1) is 16.0 Å². The molecule has 1 N–H and O–H groups in total. The normalized spacial score (nSPS) is 23.3. The number of benzene rings is 2. The van der Waals surface area contributed by atoms with Crippen molar-refractivity contribution >= 4 is 35.1 Å². The molecule has 0 unspecified atom stereocenters. The molecule has 12 nitrogen and oxygen atoms in total. The van der Waals surface area contributed by atoms with Gasteiger partial charge in [0.1, 0.15) is 6.61 Å². The van der Waals surface area contributed by atoms with Crippen LogP contribution in [-0.2, 0) is 40.1 Å². The van der Waals surface area contributed by atoms with Gasteiger partial charge in [-0.3, -0.25) is 24.5 Å². The number of aliphatic hydroxyl groups excluding tert-OH is 1. The van der Waals surface area contributed by atoms with Crippen LogP contribution in [0.25, 0.3) is 0 Å². The van der Waals surface area contributed by atoms with Crippen molar-refractivity contribution in [3.05, 3.63) is 75.8 Å². The zero-order valence-electron chi connectivity index (χ0n) is 21.1. The maximum absolute atomic E-state index is 13.9. The number of methoxy groups -OCH3 is 1. The monoisotopic (exact) mass is 538 g/mol. The number of β-lactam (4-membered cyclic amide) rings is 1. The zero-order chi connectivity index (χ0) is 28.5. The fourth-order valence-electron chi connectivity index (χ4n) is 5.49. The van der Waals surface area contributed by atoms with E-state index < -0.39 is 70.3 Å². The van der Waals surface area contributed by atoms with E-state index in [1.54, 1.807) is 30.3 Å². The number of Topliss-reactive ketones (excluding diaryl/α,β-unsaturated/α-hetero) is 2. The third-order valence-corrected chi connectivity index (χ3v) is 7.33. The largest absolute Gasteiger partial charge is 0.463 e. The minimum Gasteiger partial charge on any atom is -0.463 e. The second kappa shape index (κ2) is 10.7. The number of aliphatic hydroxyl groups is 1. The lowest BCUT2D eigenvalue weighted by atomic mass is 9.72. The van der Waals surface area contributed by atoms with Gasteiger partial charge in [-0.15, -0.1) is 0 Å². The summed E-state index contributed by atoms with van der Waals surface area (Å²) >= 11 is 0. The number of ether oxygens (including phenoxy) is 2. The van der Waals surface area contributed by atoms with Gasteiger partial charge in [0, 0.05) is 30.9 Å². The molecule has 2 heterocycles. The molecule has 2 aromatic rings. The topological polar surface area (TPSA) is 170 Å². The maximum Gasteiger partial charge on any atom is 0.374 e. The Morgan fingerprint density at radius 3 is 2.33 bits per heavy atom. The Bertz CT molecular complexity index is 1320. The molecular formula is C27H26N2O10. The van der Waals surface area contributed by atoms with Gasteiger partial charge in [0.25, 0.3) is 5.69 Å².